The lowest BCUT2D eigenvalue weighted by Gasteiger charge is -2.24. The molecule has 14 heavy (non-hydrogen) atoms. The highest BCUT2D eigenvalue weighted by Crippen LogP contribution is 2.31. The van der Waals surface area contributed by atoms with Gasteiger partial charge in [-0.2, -0.15) is 5.26 Å². The maximum absolute atomic E-state index is 8.77. The molecule has 80 valence electrons. The quantitative estimate of drug-likeness (QED) is 0.598. The Hall–Kier alpha value is -0.510. The van der Waals surface area contributed by atoms with Crippen molar-refractivity contribution < 1.29 is 0 Å². The summed E-state index contributed by atoms with van der Waals surface area (Å²) < 4.78 is 0. The van der Waals surface area contributed by atoms with Crippen LogP contribution in [-0.2, 0) is 0 Å². The highest BCUT2D eigenvalue weighted by Gasteiger charge is 2.19. The van der Waals surface area contributed by atoms with Crippen LogP contribution in [0.25, 0.3) is 0 Å². The Labute approximate surface area is 88.5 Å². The van der Waals surface area contributed by atoms with Crippen LogP contribution < -0.4 is 0 Å². The van der Waals surface area contributed by atoms with Gasteiger partial charge in [0.2, 0.25) is 0 Å². The molecule has 1 heteroatoms. The van der Waals surface area contributed by atoms with E-state index in [9.17, 15) is 0 Å². The molecule has 0 atom stereocenters. The van der Waals surface area contributed by atoms with Crippen LogP contribution in [0.2, 0.25) is 0 Å². The Balaban J connectivity index is 2.02. The molecule has 0 bridgehead atoms. The molecule has 0 aromatic heterocycles. The summed E-state index contributed by atoms with van der Waals surface area (Å²) in [5, 5.41) is 8.77. The Morgan fingerprint density at radius 3 is 2.36 bits per heavy atom. The van der Waals surface area contributed by atoms with E-state index in [2.05, 4.69) is 13.0 Å². The smallest absolute Gasteiger partial charge is 0.0655 e. The van der Waals surface area contributed by atoms with Gasteiger partial charge >= 0.3 is 0 Å². The summed E-state index contributed by atoms with van der Waals surface area (Å²) in [4.78, 5) is 0. The van der Waals surface area contributed by atoms with Crippen molar-refractivity contribution in [3.05, 3.63) is 0 Å². The van der Waals surface area contributed by atoms with Crippen LogP contribution in [0.1, 0.15) is 64.7 Å². The zero-order chi connectivity index (χ0) is 10.2. The van der Waals surface area contributed by atoms with Crippen LogP contribution in [0.15, 0.2) is 0 Å². The van der Waals surface area contributed by atoms with Crippen LogP contribution in [0.3, 0.4) is 0 Å². The van der Waals surface area contributed by atoms with Gasteiger partial charge in [0.15, 0.2) is 0 Å². The van der Waals surface area contributed by atoms with Gasteiger partial charge in [0.1, 0.15) is 0 Å². The van der Waals surface area contributed by atoms with E-state index in [1.165, 1.54) is 44.9 Å². The number of hydrogen-bond acceptors (Lipinski definition) is 1. The first-order chi connectivity index (χ1) is 6.86. The normalized spacial score (nSPS) is 27.1. The van der Waals surface area contributed by atoms with E-state index in [-0.39, 0.29) is 0 Å². The van der Waals surface area contributed by atoms with E-state index in [0.29, 0.717) is 5.92 Å². The SMILES string of the molecule is CCCCCCC1CCC(C#N)CC1. The van der Waals surface area contributed by atoms with Gasteiger partial charge < -0.3 is 0 Å². The van der Waals surface area contributed by atoms with Crippen molar-refractivity contribution in [3.8, 4) is 6.07 Å². The second-order valence-corrected chi connectivity index (χ2v) is 4.70. The van der Waals surface area contributed by atoms with Crippen molar-refractivity contribution in [1.82, 2.24) is 0 Å². The zero-order valence-corrected chi connectivity index (χ0v) is 9.47. The molecule has 0 aromatic carbocycles. The lowest BCUT2D eigenvalue weighted by atomic mass is 9.80. The van der Waals surface area contributed by atoms with Gasteiger partial charge in [0, 0.05) is 5.92 Å². The molecule has 1 rings (SSSR count). The lowest BCUT2D eigenvalue weighted by Crippen LogP contribution is -2.13. The van der Waals surface area contributed by atoms with Gasteiger partial charge in [-0.25, -0.2) is 0 Å². The summed E-state index contributed by atoms with van der Waals surface area (Å²) in [5.74, 6) is 1.32. The number of nitrogens with zero attached hydrogens (tertiary/aromatic N) is 1. The Morgan fingerprint density at radius 1 is 1.07 bits per heavy atom. The van der Waals surface area contributed by atoms with E-state index < -0.39 is 0 Å². The molecule has 0 unspecified atom stereocenters. The van der Waals surface area contributed by atoms with Gasteiger partial charge in [0.05, 0.1) is 6.07 Å². The summed E-state index contributed by atoms with van der Waals surface area (Å²) in [6.07, 6.45) is 11.9. The number of nitriles is 1. The number of unbranched alkanes of at least 4 members (excludes halogenated alkanes) is 3. The lowest BCUT2D eigenvalue weighted by molar-refractivity contribution is 0.292. The van der Waals surface area contributed by atoms with Crippen molar-refractivity contribution in [2.24, 2.45) is 11.8 Å². The van der Waals surface area contributed by atoms with Crippen LogP contribution >= 0.6 is 0 Å². The predicted molar refractivity (Wildman–Crippen MR) is 59.8 cm³/mol. The summed E-state index contributed by atoms with van der Waals surface area (Å²) in [6, 6.07) is 2.40. The highest BCUT2D eigenvalue weighted by molar-refractivity contribution is 4.86. The summed E-state index contributed by atoms with van der Waals surface area (Å²) in [6.45, 7) is 2.26. The number of hydrogen-bond donors (Lipinski definition) is 0. The molecular formula is C13H23N. The topological polar surface area (TPSA) is 23.8 Å². The molecule has 1 saturated carbocycles. The zero-order valence-electron chi connectivity index (χ0n) is 9.47. The third kappa shape index (κ3) is 4.13. The van der Waals surface area contributed by atoms with Crippen molar-refractivity contribution >= 4 is 0 Å². The Bertz CT molecular complexity index is 172. The molecule has 1 aliphatic carbocycles. The Morgan fingerprint density at radius 2 is 1.79 bits per heavy atom. The maximum atomic E-state index is 8.77. The molecule has 1 nitrogen and oxygen atoms in total. The minimum atomic E-state index is 0.377. The van der Waals surface area contributed by atoms with Crippen molar-refractivity contribution in [1.29, 1.82) is 5.26 Å². The molecule has 0 amide bonds. The van der Waals surface area contributed by atoms with Gasteiger partial charge in [-0.3, -0.25) is 0 Å². The van der Waals surface area contributed by atoms with Crippen molar-refractivity contribution in [2.75, 3.05) is 0 Å². The number of rotatable bonds is 5. The van der Waals surface area contributed by atoms with Crippen molar-refractivity contribution in [3.63, 3.8) is 0 Å². The highest BCUT2D eigenvalue weighted by atomic mass is 14.3. The van der Waals surface area contributed by atoms with Crippen LogP contribution in [0.4, 0.5) is 0 Å². The molecular weight excluding hydrogens is 170 g/mol. The predicted octanol–water partition coefficient (Wildman–Crippen LogP) is 4.29. The largest absolute Gasteiger partial charge is 0.198 e. The van der Waals surface area contributed by atoms with Crippen LogP contribution in [0, 0.1) is 23.2 Å². The first-order valence-electron chi connectivity index (χ1n) is 6.26. The van der Waals surface area contributed by atoms with E-state index in [4.69, 9.17) is 5.26 Å². The minimum Gasteiger partial charge on any atom is -0.198 e. The van der Waals surface area contributed by atoms with E-state index >= 15 is 0 Å². The molecule has 0 aromatic rings. The molecule has 1 aliphatic rings. The molecule has 0 radical (unpaired) electrons. The average molecular weight is 193 g/mol. The van der Waals surface area contributed by atoms with E-state index in [1.54, 1.807) is 0 Å². The molecule has 0 N–H and O–H groups in total. The molecule has 0 saturated heterocycles. The second-order valence-electron chi connectivity index (χ2n) is 4.70. The van der Waals surface area contributed by atoms with Crippen molar-refractivity contribution in [2.45, 2.75) is 64.7 Å². The fourth-order valence-electron chi connectivity index (χ4n) is 2.44. The second kappa shape index (κ2) is 6.87. The monoisotopic (exact) mass is 193 g/mol. The van der Waals surface area contributed by atoms with Crippen LogP contribution in [-0.4, -0.2) is 0 Å². The third-order valence-corrected chi connectivity index (χ3v) is 3.50. The third-order valence-electron chi connectivity index (χ3n) is 3.50. The first-order valence-corrected chi connectivity index (χ1v) is 6.26. The average Bonchev–Trinajstić information content (AvgIpc) is 2.25. The first kappa shape index (κ1) is 11.6. The fraction of sp³-hybridized carbons (Fsp3) is 0.923. The summed E-state index contributed by atoms with van der Waals surface area (Å²) in [7, 11) is 0. The minimum absolute atomic E-state index is 0.377. The van der Waals surface area contributed by atoms with E-state index in [1.807, 2.05) is 0 Å². The molecule has 0 aliphatic heterocycles. The molecule has 1 fully saturated rings. The maximum Gasteiger partial charge on any atom is 0.0655 e. The standard InChI is InChI=1S/C13H23N/c1-2-3-4-5-6-12-7-9-13(11-14)10-8-12/h12-13H,2-10H2,1H3. The summed E-state index contributed by atoms with van der Waals surface area (Å²) >= 11 is 0. The Kier molecular flexibility index (Phi) is 5.68. The molecule has 0 spiro atoms. The van der Waals surface area contributed by atoms with Crippen LogP contribution in [0.5, 0.6) is 0 Å². The van der Waals surface area contributed by atoms with E-state index in [0.717, 1.165) is 18.8 Å². The van der Waals surface area contributed by atoms with Gasteiger partial charge in [-0.05, 0) is 31.6 Å². The van der Waals surface area contributed by atoms with Gasteiger partial charge in [-0.15, -0.1) is 0 Å². The van der Waals surface area contributed by atoms with Gasteiger partial charge in [-0.1, -0.05) is 39.0 Å². The fourth-order valence-corrected chi connectivity index (χ4v) is 2.44. The molecule has 0 heterocycles. The summed E-state index contributed by atoms with van der Waals surface area (Å²) in [5.41, 5.74) is 0. The van der Waals surface area contributed by atoms with Gasteiger partial charge in [0.25, 0.3) is 0 Å².